The van der Waals surface area contributed by atoms with Gasteiger partial charge in [0, 0.05) is 24.9 Å². The van der Waals surface area contributed by atoms with Crippen LogP contribution in [-0.4, -0.2) is 21.1 Å². The first-order chi connectivity index (χ1) is 11.7. The minimum Gasteiger partial charge on any atom is -0.474 e. The summed E-state index contributed by atoms with van der Waals surface area (Å²) in [5.74, 6) is 0.581. The van der Waals surface area contributed by atoms with Gasteiger partial charge >= 0.3 is 0 Å². The van der Waals surface area contributed by atoms with Gasteiger partial charge in [-0.05, 0) is 48.6 Å². The van der Waals surface area contributed by atoms with E-state index < -0.39 is 4.92 Å². The van der Waals surface area contributed by atoms with E-state index in [0.717, 1.165) is 18.4 Å². The van der Waals surface area contributed by atoms with Crippen molar-refractivity contribution in [3.05, 3.63) is 57.8 Å². The average molecular weight is 329 g/mol. The van der Waals surface area contributed by atoms with E-state index in [2.05, 4.69) is 10.3 Å². The molecule has 1 heterocycles. The lowest BCUT2D eigenvalue weighted by Crippen LogP contribution is -2.25. The number of nitrogens with zero attached hydrogens (tertiary/aromatic N) is 2. The predicted octanol–water partition coefficient (Wildman–Crippen LogP) is 3.03. The van der Waals surface area contributed by atoms with Crippen LogP contribution in [0, 0.1) is 10.1 Å². The monoisotopic (exact) mass is 329 g/mol. The zero-order chi connectivity index (χ0) is 16.9. The molecule has 0 spiro atoms. The summed E-state index contributed by atoms with van der Waals surface area (Å²) in [7, 11) is 0. The number of nitro benzene ring substituents is 1. The Morgan fingerprint density at radius 3 is 2.79 bits per heavy atom. The summed E-state index contributed by atoms with van der Waals surface area (Å²) in [6.45, 7) is 0.237. The highest BCUT2D eigenvalue weighted by atomic mass is 16.6. The maximum absolute atomic E-state index is 11.1. The Hall–Kier alpha value is -2.67. The minimum atomic E-state index is -0.443. The molecule has 1 aromatic heterocycles. The Balaban J connectivity index is 1.70. The molecule has 0 bridgehead atoms. The normalized spacial score (nSPS) is 14.0. The van der Waals surface area contributed by atoms with Crippen molar-refractivity contribution < 1.29 is 14.8 Å². The summed E-state index contributed by atoms with van der Waals surface area (Å²) in [5, 5.41) is 23.4. The van der Waals surface area contributed by atoms with E-state index in [0.29, 0.717) is 23.7 Å². The fourth-order valence-corrected chi connectivity index (χ4v) is 2.46. The van der Waals surface area contributed by atoms with E-state index in [-0.39, 0.29) is 18.4 Å². The molecule has 0 amide bonds. The van der Waals surface area contributed by atoms with Crippen molar-refractivity contribution in [2.75, 3.05) is 5.32 Å². The molecule has 1 fully saturated rings. The lowest BCUT2D eigenvalue weighted by atomic mass is 9.96. The fourth-order valence-electron chi connectivity index (χ4n) is 2.46. The lowest BCUT2D eigenvalue weighted by molar-refractivity contribution is -0.384. The van der Waals surface area contributed by atoms with E-state index in [1.165, 1.54) is 12.5 Å². The van der Waals surface area contributed by atoms with Crippen molar-refractivity contribution >= 4 is 11.4 Å². The predicted molar refractivity (Wildman–Crippen MR) is 88.8 cm³/mol. The molecule has 24 heavy (non-hydrogen) atoms. The Labute approximate surface area is 139 Å². The number of nitrogens with one attached hydrogen (secondary N) is 1. The highest BCUT2D eigenvalue weighted by Crippen LogP contribution is 2.27. The Morgan fingerprint density at radius 1 is 1.29 bits per heavy atom. The summed E-state index contributed by atoms with van der Waals surface area (Å²) < 4.78 is 5.76. The lowest BCUT2D eigenvalue weighted by Gasteiger charge is -2.25. The van der Waals surface area contributed by atoms with Crippen LogP contribution in [0.25, 0.3) is 0 Å². The Morgan fingerprint density at radius 2 is 2.12 bits per heavy atom. The molecule has 0 atom stereocenters. The standard InChI is InChI=1S/C17H19N3O4/c21-11-13-4-5-16(20(22)23)15(8-13)19-10-12-6-7-18-17(9-12)24-14-2-1-3-14/h4-9,14,19,21H,1-3,10-11H2. The fraction of sp³-hybridized carbons (Fsp3) is 0.353. The quantitative estimate of drug-likeness (QED) is 0.598. The number of anilines is 1. The molecule has 2 aromatic rings. The van der Waals surface area contributed by atoms with Crippen LogP contribution < -0.4 is 10.1 Å². The molecule has 1 aliphatic rings. The Bertz CT molecular complexity index is 732. The summed E-state index contributed by atoms with van der Waals surface area (Å²) in [6, 6.07) is 8.20. The molecule has 7 heteroatoms. The van der Waals surface area contributed by atoms with Crippen LogP contribution in [0.1, 0.15) is 30.4 Å². The van der Waals surface area contributed by atoms with Gasteiger partial charge in [0.15, 0.2) is 0 Å². The topological polar surface area (TPSA) is 97.5 Å². The van der Waals surface area contributed by atoms with Crippen molar-refractivity contribution in [2.45, 2.75) is 38.5 Å². The first kappa shape index (κ1) is 16.2. The number of hydrogen-bond acceptors (Lipinski definition) is 6. The van der Waals surface area contributed by atoms with Crippen LogP contribution in [0.4, 0.5) is 11.4 Å². The van der Waals surface area contributed by atoms with Crippen molar-refractivity contribution in [2.24, 2.45) is 0 Å². The SMILES string of the molecule is O=[N+]([O-])c1ccc(CO)cc1NCc1ccnc(OC2CCC2)c1. The molecule has 0 unspecified atom stereocenters. The van der Waals surface area contributed by atoms with Gasteiger partial charge in [0.05, 0.1) is 11.5 Å². The van der Waals surface area contributed by atoms with Gasteiger partial charge in [0.25, 0.3) is 5.69 Å². The van der Waals surface area contributed by atoms with Crippen molar-refractivity contribution in [1.82, 2.24) is 4.98 Å². The highest BCUT2D eigenvalue weighted by molar-refractivity contribution is 5.62. The number of rotatable bonds is 7. The zero-order valence-corrected chi connectivity index (χ0v) is 13.1. The van der Waals surface area contributed by atoms with E-state index in [4.69, 9.17) is 4.74 Å². The third kappa shape index (κ3) is 3.80. The molecule has 7 nitrogen and oxygen atoms in total. The average Bonchev–Trinajstić information content (AvgIpc) is 2.56. The van der Waals surface area contributed by atoms with Crippen molar-refractivity contribution in [3.8, 4) is 5.88 Å². The van der Waals surface area contributed by atoms with E-state index in [1.54, 1.807) is 18.3 Å². The first-order valence-electron chi connectivity index (χ1n) is 7.89. The van der Waals surface area contributed by atoms with Crippen molar-refractivity contribution in [3.63, 3.8) is 0 Å². The molecule has 3 rings (SSSR count). The number of aliphatic hydroxyl groups excluding tert-OH is 1. The number of aliphatic hydroxyl groups is 1. The molecular formula is C17H19N3O4. The van der Waals surface area contributed by atoms with Gasteiger partial charge < -0.3 is 15.2 Å². The maximum Gasteiger partial charge on any atom is 0.292 e. The van der Waals surface area contributed by atoms with Gasteiger partial charge in [0.2, 0.25) is 5.88 Å². The second-order valence-corrected chi connectivity index (χ2v) is 5.79. The summed E-state index contributed by atoms with van der Waals surface area (Å²) in [5.41, 5.74) is 1.90. The molecule has 1 aromatic carbocycles. The van der Waals surface area contributed by atoms with Crippen molar-refractivity contribution in [1.29, 1.82) is 0 Å². The van der Waals surface area contributed by atoms with Crippen LogP contribution in [0.5, 0.6) is 5.88 Å². The second-order valence-electron chi connectivity index (χ2n) is 5.79. The summed E-state index contributed by atoms with van der Waals surface area (Å²) in [4.78, 5) is 14.9. The van der Waals surface area contributed by atoms with Crippen LogP contribution in [0.2, 0.25) is 0 Å². The number of nitro groups is 1. The molecule has 0 radical (unpaired) electrons. The van der Waals surface area contributed by atoms with Crippen LogP contribution in [0.15, 0.2) is 36.5 Å². The first-order valence-corrected chi connectivity index (χ1v) is 7.89. The third-order valence-electron chi connectivity index (χ3n) is 4.06. The number of pyridine rings is 1. The molecule has 0 saturated heterocycles. The van der Waals surface area contributed by atoms with Crippen LogP contribution >= 0.6 is 0 Å². The van der Waals surface area contributed by atoms with E-state index >= 15 is 0 Å². The van der Waals surface area contributed by atoms with Crippen LogP contribution in [-0.2, 0) is 13.2 Å². The van der Waals surface area contributed by atoms with Gasteiger partial charge in [-0.25, -0.2) is 4.98 Å². The highest BCUT2D eigenvalue weighted by Gasteiger charge is 2.19. The van der Waals surface area contributed by atoms with Gasteiger partial charge in [0.1, 0.15) is 11.8 Å². The van der Waals surface area contributed by atoms with Gasteiger partial charge in [-0.2, -0.15) is 0 Å². The summed E-state index contributed by atoms with van der Waals surface area (Å²) in [6.07, 6.45) is 5.23. The number of aromatic nitrogens is 1. The number of benzene rings is 1. The Kier molecular flexibility index (Phi) is 4.90. The largest absolute Gasteiger partial charge is 0.474 e. The third-order valence-corrected chi connectivity index (χ3v) is 4.06. The molecule has 2 N–H and O–H groups in total. The molecular weight excluding hydrogens is 310 g/mol. The van der Waals surface area contributed by atoms with Gasteiger partial charge in [-0.15, -0.1) is 0 Å². The smallest absolute Gasteiger partial charge is 0.292 e. The van der Waals surface area contributed by atoms with E-state index in [9.17, 15) is 15.2 Å². The van der Waals surface area contributed by atoms with Crippen LogP contribution in [0.3, 0.4) is 0 Å². The second kappa shape index (κ2) is 7.27. The summed E-state index contributed by atoms with van der Waals surface area (Å²) >= 11 is 0. The minimum absolute atomic E-state index is 0.0211. The molecule has 1 aliphatic carbocycles. The molecule has 1 saturated carbocycles. The van der Waals surface area contributed by atoms with E-state index in [1.807, 2.05) is 12.1 Å². The zero-order valence-electron chi connectivity index (χ0n) is 13.1. The number of ether oxygens (including phenoxy) is 1. The van der Waals surface area contributed by atoms with Gasteiger partial charge in [-0.3, -0.25) is 10.1 Å². The van der Waals surface area contributed by atoms with Gasteiger partial charge in [-0.1, -0.05) is 0 Å². The number of hydrogen-bond donors (Lipinski definition) is 2. The maximum atomic E-state index is 11.1. The molecule has 126 valence electrons. The molecule has 0 aliphatic heterocycles.